The summed E-state index contributed by atoms with van der Waals surface area (Å²) >= 11 is 0. The summed E-state index contributed by atoms with van der Waals surface area (Å²) in [5.41, 5.74) is 1.18. The lowest BCUT2D eigenvalue weighted by Crippen LogP contribution is -2.03. The van der Waals surface area contributed by atoms with Gasteiger partial charge in [-0.3, -0.25) is 0 Å². The molecule has 0 heterocycles. The minimum Gasteiger partial charge on any atom is -0.493 e. The van der Waals surface area contributed by atoms with Gasteiger partial charge in [0.1, 0.15) is 5.75 Å². The van der Waals surface area contributed by atoms with Crippen molar-refractivity contribution in [1.29, 1.82) is 0 Å². The van der Waals surface area contributed by atoms with Gasteiger partial charge in [0.15, 0.2) is 0 Å². The van der Waals surface area contributed by atoms with E-state index in [2.05, 4.69) is 34.6 Å². The third kappa shape index (κ3) is 22.6. The average molecular weight is 415 g/mol. The summed E-state index contributed by atoms with van der Waals surface area (Å²) in [6.45, 7) is 17.6. The standard InChI is InChI=1S/C15H22O3.C4H10O.C3H8.C2H6.CH4/c1-4-11(2)6-5-9-18-14-8-7-13(15(16)17)10-12(14)3;1-2-3-4-5;1-3-2;1-2;/h7-8,10-11H,4-6,9H2,1-3H3,(H,16,17);5H,2-4H2,1H3;3H2,1-2H3;1-2H3;1H4. The lowest BCUT2D eigenvalue weighted by Gasteiger charge is -2.11. The number of carboxylic acids is 1. The molecule has 0 amide bonds. The van der Waals surface area contributed by atoms with Crippen molar-refractivity contribution in [2.45, 2.75) is 101 Å². The highest BCUT2D eigenvalue weighted by atomic mass is 16.5. The molecule has 29 heavy (non-hydrogen) atoms. The summed E-state index contributed by atoms with van der Waals surface area (Å²) in [4.78, 5) is 10.8. The average Bonchev–Trinajstić information content (AvgIpc) is 2.69. The van der Waals surface area contributed by atoms with Gasteiger partial charge in [-0.2, -0.15) is 0 Å². The van der Waals surface area contributed by atoms with Crippen LogP contribution in [0.5, 0.6) is 5.75 Å². The van der Waals surface area contributed by atoms with Gasteiger partial charge in [0.2, 0.25) is 0 Å². The van der Waals surface area contributed by atoms with Crippen LogP contribution in [0.1, 0.15) is 110 Å². The lowest BCUT2D eigenvalue weighted by atomic mass is 10.0. The Labute approximate surface area is 181 Å². The Morgan fingerprint density at radius 2 is 1.66 bits per heavy atom. The minimum atomic E-state index is -0.901. The molecule has 0 aromatic heterocycles. The smallest absolute Gasteiger partial charge is 0.335 e. The van der Waals surface area contributed by atoms with Crippen LogP contribution in [0.2, 0.25) is 0 Å². The van der Waals surface area contributed by atoms with Crippen LogP contribution in [0.25, 0.3) is 0 Å². The third-order valence-electron chi connectivity index (χ3n) is 3.73. The van der Waals surface area contributed by atoms with Crippen LogP contribution >= 0.6 is 0 Å². The van der Waals surface area contributed by atoms with Gasteiger partial charge in [0.05, 0.1) is 12.2 Å². The first-order chi connectivity index (χ1) is 13.4. The van der Waals surface area contributed by atoms with E-state index in [9.17, 15) is 4.79 Å². The molecule has 0 aliphatic heterocycles. The lowest BCUT2D eigenvalue weighted by molar-refractivity contribution is 0.0696. The number of aliphatic hydroxyl groups excluding tert-OH is 1. The van der Waals surface area contributed by atoms with Crippen LogP contribution in [0.3, 0.4) is 0 Å². The molecular weight excluding hydrogens is 364 g/mol. The van der Waals surface area contributed by atoms with E-state index in [1.54, 1.807) is 18.2 Å². The van der Waals surface area contributed by atoms with E-state index < -0.39 is 5.97 Å². The maximum atomic E-state index is 10.8. The van der Waals surface area contributed by atoms with Gasteiger partial charge in [0.25, 0.3) is 0 Å². The molecule has 4 heteroatoms. The van der Waals surface area contributed by atoms with Crippen LogP contribution in [0, 0.1) is 12.8 Å². The van der Waals surface area contributed by atoms with Crippen LogP contribution in [-0.2, 0) is 0 Å². The second-order valence-corrected chi connectivity index (χ2v) is 6.57. The number of aryl methyl sites for hydroxylation is 1. The largest absolute Gasteiger partial charge is 0.493 e. The highest BCUT2D eigenvalue weighted by molar-refractivity contribution is 5.88. The van der Waals surface area contributed by atoms with E-state index in [4.69, 9.17) is 14.9 Å². The van der Waals surface area contributed by atoms with E-state index >= 15 is 0 Å². The molecule has 1 aromatic carbocycles. The Bertz CT molecular complexity index is 456. The minimum absolute atomic E-state index is 0. The monoisotopic (exact) mass is 414 g/mol. The Balaban J connectivity index is -0.000000240. The van der Waals surface area contributed by atoms with Gasteiger partial charge in [-0.15, -0.1) is 0 Å². The number of hydrogen-bond acceptors (Lipinski definition) is 3. The SMILES string of the molecule is C.CC.CCC.CCC(C)CCCOc1ccc(C(=O)O)cc1C.CCCCO. The van der Waals surface area contributed by atoms with E-state index in [-0.39, 0.29) is 7.43 Å². The summed E-state index contributed by atoms with van der Waals surface area (Å²) in [5.74, 6) is 0.620. The van der Waals surface area contributed by atoms with Gasteiger partial charge in [-0.25, -0.2) is 4.79 Å². The van der Waals surface area contributed by atoms with Crippen molar-refractivity contribution in [2.75, 3.05) is 13.2 Å². The number of carboxylic acid groups (broad SMARTS) is 1. The third-order valence-corrected chi connectivity index (χ3v) is 3.73. The van der Waals surface area contributed by atoms with E-state index in [0.717, 1.165) is 36.5 Å². The quantitative estimate of drug-likeness (QED) is 0.405. The molecule has 1 atom stereocenters. The van der Waals surface area contributed by atoms with Gasteiger partial charge in [-0.1, -0.05) is 75.2 Å². The van der Waals surface area contributed by atoms with Crippen LogP contribution < -0.4 is 4.74 Å². The maximum absolute atomic E-state index is 10.8. The number of benzene rings is 1. The van der Waals surface area contributed by atoms with Gasteiger partial charge in [-0.05, 0) is 55.9 Å². The van der Waals surface area contributed by atoms with E-state index in [1.165, 1.54) is 19.3 Å². The van der Waals surface area contributed by atoms with Gasteiger partial charge < -0.3 is 14.9 Å². The fourth-order valence-electron chi connectivity index (χ4n) is 1.92. The predicted molar refractivity (Wildman–Crippen MR) is 128 cm³/mol. The fourth-order valence-corrected chi connectivity index (χ4v) is 1.92. The Morgan fingerprint density at radius 3 is 2.00 bits per heavy atom. The molecule has 1 rings (SSSR count). The van der Waals surface area contributed by atoms with Crippen molar-refractivity contribution >= 4 is 5.97 Å². The number of carbonyl (C=O) groups is 1. The van der Waals surface area contributed by atoms with Crippen molar-refractivity contribution < 1.29 is 19.7 Å². The zero-order chi connectivity index (χ0) is 22.4. The topological polar surface area (TPSA) is 66.8 Å². The van der Waals surface area contributed by atoms with Gasteiger partial charge in [0, 0.05) is 6.61 Å². The Kier molecular flexibility index (Phi) is 31.9. The van der Waals surface area contributed by atoms with Crippen LogP contribution in [-0.4, -0.2) is 29.4 Å². The second-order valence-electron chi connectivity index (χ2n) is 6.57. The van der Waals surface area contributed by atoms with E-state index in [0.29, 0.717) is 18.8 Å². The molecule has 4 nitrogen and oxygen atoms in total. The first kappa shape index (κ1) is 34.9. The molecule has 1 unspecified atom stereocenters. The molecular formula is C25H50O4. The first-order valence-corrected chi connectivity index (χ1v) is 10.9. The zero-order valence-corrected chi connectivity index (χ0v) is 19.7. The number of ether oxygens (including phenoxy) is 1. The van der Waals surface area contributed by atoms with Crippen molar-refractivity contribution in [2.24, 2.45) is 5.92 Å². The molecule has 0 radical (unpaired) electrons. The molecule has 0 fully saturated rings. The number of hydrogen-bond donors (Lipinski definition) is 2. The highest BCUT2D eigenvalue weighted by Crippen LogP contribution is 2.20. The normalized spacial score (nSPS) is 9.83. The molecule has 0 aliphatic carbocycles. The number of aliphatic hydroxyl groups is 1. The summed E-state index contributed by atoms with van der Waals surface area (Å²) in [6.07, 6.45) is 6.70. The molecule has 1 aromatic rings. The molecule has 0 saturated heterocycles. The molecule has 2 N–H and O–H groups in total. The van der Waals surface area contributed by atoms with Crippen molar-refractivity contribution in [3.8, 4) is 5.75 Å². The zero-order valence-electron chi connectivity index (χ0n) is 19.7. The van der Waals surface area contributed by atoms with Crippen LogP contribution in [0.4, 0.5) is 0 Å². The summed E-state index contributed by atoms with van der Waals surface area (Å²) < 4.78 is 5.67. The van der Waals surface area contributed by atoms with Crippen LogP contribution in [0.15, 0.2) is 18.2 Å². The van der Waals surface area contributed by atoms with E-state index in [1.807, 2.05) is 20.8 Å². The van der Waals surface area contributed by atoms with Crippen molar-refractivity contribution in [3.63, 3.8) is 0 Å². The van der Waals surface area contributed by atoms with Gasteiger partial charge >= 0.3 is 5.97 Å². The molecule has 0 bridgehead atoms. The fraction of sp³-hybridized carbons (Fsp3) is 0.720. The number of rotatable bonds is 9. The number of aromatic carboxylic acids is 1. The summed E-state index contributed by atoms with van der Waals surface area (Å²) in [6, 6.07) is 4.97. The first-order valence-electron chi connectivity index (χ1n) is 10.9. The molecule has 0 saturated carbocycles. The molecule has 0 aliphatic rings. The second kappa shape index (κ2) is 26.4. The Morgan fingerprint density at radius 1 is 1.10 bits per heavy atom. The van der Waals surface area contributed by atoms with Crippen molar-refractivity contribution in [3.05, 3.63) is 29.3 Å². The number of unbranched alkanes of at least 4 members (excludes halogenated alkanes) is 1. The summed E-state index contributed by atoms with van der Waals surface area (Å²) in [5, 5.41) is 16.9. The Hall–Kier alpha value is -1.55. The molecule has 174 valence electrons. The van der Waals surface area contributed by atoms with Crippen molar-refractivity contribution in [1.82, 2.24) is 0 Å². The highest BCUT2D eigenvalue weighted by Gasteiger charge is 2.06. The molecule has 0 spiro atoms. The predicted octanol–water partition coefficient (Wildman–Crippen LogP) is 7.76. The maximum Gasteiger partial charge on any atom is 0.335 e. The summed E-state index contributed by atoms with van der Waals surface area (Å²) in [7, 11) is 0.